The molecule has 1 saturated heterocycles. The first-order valence-electron chi connectivity index (χ1n) is 8.16. The predicted octanol–water partition coefficient (Wildman–Crippen LogP) is 1.73. The molecule has 1 aromatic carbocycles. The van der Waals surface area contributed by atoms with Crippen molar-refractivity contribution < 1.29 is 33.0 Å². The fourth-order valence-electron chi connectivity index (χ4n) is 2.78. The molecule has 1 fully saturated rings. The second-order valence-corrected chi connectivity index (χ2v) is 6.03. The van der Waals surface area contributed by atoms with Gasteiger partial charge in [0.15, 0.2) is 0 Å². The van der Waals surface area contributed by atoms with E-state index in [0.717, 1.165) is 0 Å². The van der Waals surface area contributed by atoms with Gasteiger partial charge in [0.05, 0.1) is 11.5 Å². The molecule has 0 bridgehead atoms. The van der Waals surface area contributed by atoms with Crippen LogP contribution in [-0.4, -0.2) is 53.5 Å². The van der Waals surface area contributed by atoms with Crippen LogP contribution in [0.3, 0.4) is 0 Å². The molecule has 2 atom stereocenters. The zero-order chi connectivity index (χ0) is 19.3. The number of amides is 2. The fourth-order valence-corrected chi connectivity index (χ4v) is 2.78. The highest BCUT2D eigenvalue weighted by atomic mass is 19.3. The van der Waals surface area contributed by atoms with Crippen molar-refractivity contribution in [3.63, 3.8) is 0 Å². The van der Waals surface area contributed by atoms with Gasteiger partial charge in [-0.15, -0.1) is 0 Å². The lowest BCUT2D eigenvalue weighted by atomic mass is 9.96. The molecule has 2 amide bonds. The molecule has 9 heteroatoms. The molecule has 1 aliphatic rings. The highest BCUT2D eigenvalue weighted by Crippen LogP contribution is 2.25. The number of carboxylic acid groups (broad SMARTS) is 1. The third kappa shape index (κ3) is 4.90. The van der Waals surface area contributed by atoms with Crippen molar-refractivity contribution in [1.29, 1.82) is 0 Å². The number of piperidine rings is 1. The number of nitrogens with zero attached hydrogens (tertiary/aromatic N) is 1. The molecule has 0 aromatic heterocycles. The lowest BCUT2D eigenvalue weighted by molar-refractivity contribution is -0.142. The molecule has 0 radical (unpaired) electrons. The second kappa shape index (κ2) is 8.59. The van der Waals surface area contributed by atoms with Crippen molar-refractivity contribution in [3.05, 3.63) is 29.8 Å². The quantitative estimate of drug-likeness (QED) is 0.795. The summed E-state index contributed by atoms with van der Waals surface area (Å²) in [7, 11) is 0. The first-order chi connectivity index (χ1) is 12.3. The Morgan fingerprint density at radius 1 is 1.31 bits per heavy atom. The third-order valence-electron chi connectivity index (χ3n) is 4.14. The maximum Gasteiger partial charge on any atom is 0.387 e. The van der Waals surface area contributed by atoms with Crippen LogP contribution in [0.2, 0.25) is 0 Å². The maximum absolute atomic E-state index is 12.7. The van der Waals surface area contributed by atoms with Crippen LogP contribution in [0.15, 0.2) is 24.3 Å². The van der Waals surface area contributed by atoms with Crippen LogP contribution in [-0.2, 0) is 9.59 Å². The van der Waals surface area contributed by atoms with Gasteiger partial charge in [0.25, 0.3) is 5.91 Å². The molecule has 1 aliphatic heterocycles. The van der Waals surface area contributed by atoms with E-state index in [1.807, 2.05) is 0 Å². The Morgan fingerprint density at radius 3 is 2.65 bits per heavy atom. The van der Waals surface area contributed by atoms with Crippen molar-refractivity contribution >= 4 is 17.8 Å². The van der Waals surface area contributed by atoms with Crippen molar-refractivity contribution in [2.45, 2.75) is 32.4 Å². The van der Waals surface area contributed by atoms with E-state index in [-0.39, 0.29) is 17.9 Å². The van der Waals surface area contributed by atoms with Crippen molar-refractivity contribution in [2.75, 3.05) is 13.1 Å². The van der Waals surface area contributed by atoms with Crippen LogP contribution in [0.5, 0.6) is 5.75 Å². The van der Waals surface area contributed by atoms with E-state index in [1.165, 1.54) is 36.1 Å². The second-order valence-electron chi connectivity index (χ2n) is 6.03. The Labute approximate surface area is 148 Å². The van der Waals surface area contributed by atoms with Crippen LogP contribution >= 0.6 is 0 Å². The molecule has 26 heavy (non-hydrogen) atoms. The van der Waals surface area contributed by atoms with Gasteiger partial charge in [-0.3, -0.25) is 14.4 Å². The largest absolute Gasteiger partial charge is 0.480 e. The smallest absolute Gasteiger partial charge is 0.387 e. The van der Waals surface area contributed by atoms with E-state index in [1.54, 1.807) is 0 Å². The molecule has 2 rings (SSSR count). The lowest BCUT2D eigenvalue weighted by Crippen LogP contribution is -2.48. The van der Waals surface area contributed by atoms with Crippen LogP contribution < -0.4 is 10.1 Å². The molecule has 0 spiro atoms. The Bertz CT molecular complexity index is 683. The molecule has 1 heterocycles. The summed E-state index contributed by atoms with van der Waals surface area (Å²) in [5.74, 6) is -2.89. The first kappa shape index (κ1) is 19.6. The van der Waals surface area contributed by atoms with E-state index in [9.17, 15) is 23.2 Å². The minimum Gasteiger partial charge on any atom is -0.480 e. The average molecular weight is 370 g/mol. The minimum absolute atomic E-state index is 0.00670. The number of alkyl halides is 2. The standard InChI is InChI=1S/C17H20F2N2O5/c1-10(16(24)25)20-14(22)11-5-4-8-21(9-11)15(23)12-6-2-3-7-13(12)26-17(18)19/h2-3,6-7,10-11,17H,4-5,8-9H2,1H3,(H,20,22)(H,24,25)/t10-,11?/m0/s1. The van der Waals surface area contributed by atoms with E-state index in [0.29, 0.717) is 19.4 Å². The number of hydrogen-bond donors (Lipinski definition) is 2. The molecular formula is C17H20F2N2O5. The van der Waals surface area contributed by atoms with E-state index in [2.05, 4.69) is 10.1 Å². The molecule has 1 aromatic rings. The van der Waals surface area contributed by atoms with Crippen molar-refractivity contribution in [2.24, 2.45) is 5.92 Å². The molecule has 0 saturated carbocycles. The van der Waals surface area contributed by atoms with Gasteiger partial charge in [-0.25, -0.2) is 0 Å². The topological polar surface area (TPSA) is 95.9 Å². The van der Waals surface area contributed by atoms with Gasteiger partial charge in [0, 0.05) is 13.1 Å². The number of benzene rings is 1. The fraction of sp³-hybridized carbons (Fsp3) is 0.471. The van der Waals surface area contributed by atoms with Crippen LogP contribution in [0, 0.1) is 5.92 Å². The summed E-state index contributed by atoms with van der Waals surface area (Å²) in [6.45, 7) is -1.24. The Balaban J connectivity index is 2.08. The number of ether oxygens (including phenoxy) is 1. The summed E-state index contributed by atoms with van der Waals surface area (Å²) < 4.78 is 29.4. The maximum atomic E-state index is 12.7. The Hall–Kier alpha value is -2.71. The van der Waals surface area contributed by atoms with Gasteiger partial charge in [0.1, 0.15) is 11.8 Å². The zero-order valence-electron chi connectivity index (χ0n) is 14.2. The van der Waals surface area contributed by atoms with Gasteiger partial charge in [-0.05, 0) is 31.9 Å². The Morgan fingerprint density at radius 2 is 2.00 bits per heavy atom. The lowest BCUT2D eigenvalue weighted by Gasteiger charge is -2.32. The number of carboxylic acids is 1. The van der Waals surface area contributed by atoms with Gasteiger partial charge < -0.3 is 20.1 Å². The summed E-state index contributed by atoms with van der Waals surface area (Å²) in [4.78, 5) is 37.1. The average Bonchev–Trinajstić information content (AvgIpc) is 2.61. The number of carbonyl (C=O) groups is 3. The number of para-hydroxylation sites is 1. The van der Waals surface area contributed by atoms with Gasteiger partial charge in [-0.1, -0.05) is 12.1 Å². The van der Waals surface area contributed by atoms with E-state index >= 15 is 0 Å². The number of halogens is 2. The number of hydrogen-bond acceptors (Lipinski definition) is 4. The SMILES string of the molecule is C[C@H](NC(=O)C1CCCN(C(=O)c2ccccc2OC(F)F)C1)C(=O)O. The predicted molar refractivity (Wildman–Crippen MR) is 86.9 cm³/mol. The van der Waals surface area contributed by atoms with E-state index < -0.39 is 36.4 Å². The van der Waals surface area contributed by atoms with Gasteiger partial charge >= 0.3 is 12.6 Å². The number of nitrogens with one attached hydrogen (secondary N) is 1. The first-order valence-corrected chi connectivity index (χ1v) is 8.16. The summed E-state index contributed by atoms with van der Waals surface area (Å²) in [5.41, 5.74) is -0.00670. The van der Waals surface area contributed by atoms with Crippen LogP contribution in [0.25, 0.3) is 0 Å². The minimum atomic E-state index is -3.05. The van der Waals surface area contributed by atoms with Crippen LogP contribution in [0.4, 0.5) is 8.78 Å². The normalized spacial score (nSPS) is 18.3. The molecular weight excluding hydrogens is 350 g/mol. The van der Waals surface area contributed by atoms with Crippen LogP contribution in [0.1, 0.15) is 30.1 Å². The molecule has 1 unspecified atom stereocenters. The zero-order valence-corrected chi connectivity index (χ0v) is 14.2. The molecule has 2 N–H and O–H groups in total. The number of aliphatic carboxylic acids is 1. The number of carbonyl (C=O) groups excluding carboxylic acids is 2. The van der Waals surface area contributed by atoms with Crippen molar-refractivity contribution in [3.8, 4) is 5.75 Å². The summed E-state index contributed by atoms with van der Waals surface area (Å²) >= 11 is 0. The third-order valence-corrected chi connectivity index (χ3v) is 4.14. The molecule has 0 aliphatic carbocycles. The molecule has 7 nitrogen and oxygen atoms in total. The number of likely N-dealkylation sites (tertiary alicyclic amines) is 1. The Kier molecular flexibility index (Phi) is 6.48. The van der Waals surface area contributed by atoms with Gasteiger partial charge in [0.2, 0.25) is 5.91 Å². The van der Waals surface area contributed by atoms with E-state index in [4.69, 9.17) is 5.11 Å². The summed E-state index contributed by atoms with van der Waals surface area (Å²) in [5, 5.41) is 11.3. The highest BCUT2D eigenvalue weighted by Gasteiger charge is 2.31. The number of rotatable bonds is 6. The van der Waals surface area contributed by atoms with Crippen molar-refractivity contribution in [1.82, 2.24) is 10.2 Å². The summed E-state index contributed by atoms with van der Waals surface area (Å²) in [6.07, 6.45) is 1.06. The highest BCUT2D eigenvalue weighted by molar-refractivity contribution is 5.97. The summed E-state index contributed by atoms with van der Waals surface area (Å²) in [6, 6.07) is 4.65. The van der Waals surface area contributed by atoms with Gasteiger partial charge in [-0.2, -0.15) is 8.78 Å². The molecule has 142 valence electrons. The monoisotopic (exact) mass is 370 g/mol.